The number of anilines is 1. The van der Waals surface area contributed by atoms with Gasteiger partial charge in [0.05, 0.1) is 6.61 Å². The summed E-state index contributed by atoms with van der Waals surface area (Å²) in [6, 6.07) is 9.43. The number of hydrogen-bond donors (Lipinski definition) is 2. The summed E-state index contributed by atoms with van der Waals surface area (Å²) in [4.78, 5) is 27.2. The average Bonchev–Trinajstić information content (AvgIpc) is 2.64. The number of nitrogens with one attached hydrogen (secondary N) is 2. The number of fused-ring (bicyclic) bond motifs is 1. The fourth-order valence-electron chi connectivity index (χ4n) is 2.66. The predicted molar refractivity (Wildman–Crippen MR) is 94.2 cm³/mol. The van der Waals surface area contributed by atoms with Crippen LogP contribution < -0.4 is 15.4 Å². The molecule has 0 unspecified atom stereocenters. The van der Waals surface area contributed by atoms with Crippen molar-refractivity contribution in [3.8, 4) is 5.75 Å². The van der Waals surface area contributed by atoms with Crippen LogP contribution in [0.2, 0.25) is 0 Å². The van der Waals surface area contributed by atoms with Crippen molar-refractivity contribution >= 4 is 17.5 Å². The van der Waals surface area contributed by atoms with Gasteiger partial charge in [0.25, 0.3) is 0 Å². The van der Waals surface area contributed by atoms with Gasteiger partial charge < -0.3 is 15.4 Å². The fourth-order valence-corrected chi connectivity index (χ4v) is 2.66. The zero-order valence-electron chi connectivity index (χ0n) is 14.0. The van der Waals surface area contributed by atoms with Crippen LogP contribution in [0.1, 0.15) is 30.4 Å². The highest BCUT2D eigenvalue weighted by Crippen LogP contribution is 2.26. The third-order valence-electron chi connectivity index (χ3n) is 4.00. The van der Waals surface area contributed by atoms with Crippen LogP contribution in [0, 0.1) is 0 Å². The number of ether oxygens (including phenoxy) is 1. The maximum atomic E-state index is 11.8. The summed E-state index contributed by atoms with van der Waals surface area (Å²) in [5.74, 6) is 0.824. The maximum absolute atomic E-state index is 11.8. The normalized spacial score (nSPS) is 12.9. The molecule has 0 aliphatic carbocycles. The van der Waals surface area contributed by atoms with E-state index in [9.17, 15) is 9.59 Å². The van der Waals surface area contributed by atoms with E-state index in [2.05, 4.69) is 15.6 Å². The first-order valence-corrected chi connectivity index (χ1v) is 8.42. The van der Waals surface area contributed by atoms with Gasteiger partial charge in [-0.15, -0.1) is 0 Å². The summed E-state index contributed by atoms with van der Waals surface area (Å²) >= 11 is 0. The Kier molecular flexibility index (Phi) is 5.61. The van der Waals surface area contributed by atoms with Gasteiger partial charge in [0.2, 0.25) is 11.8 Å². The van der Waals surface area contributed by atoms with Crippen LogP contribution in [-0.2, 0) is 22.6 Å². The molecular weight excluding hydrogens is 318 g/mol. The Morgan fingerprint density at radius 3 is 3.04 bits per heavy atom. The molecule has 1 aliphatic rings. The smallest absolute Gasteiger partial charge is 0.224 e. The number of carbonyl (C=O) groups is 2. The van der Waals surface area contributed by atoms with Crippen molar-refractivity contribution in [3.63, 3.8) is 0 Å². The summed E-state index contributed by atoms with van der Waals surface area (Å²) in [6.45, 7) is 0.968. The number of aromatic nitrogens is 1. The molecule has 0 spiro atoms. The molecule has 2 heterocycles. The summed E-state index contributed by atoms with van der Waals surface area (Å²) < 4.78 is 5.71. The Morgan fingerprint density at radius 1 is 1.28 bits per heavy atom. The van der Waals surface area contributed by atoms with Crippen LogP contribution in [0.5, 0.6) is 5.75 Å². The Morgan fingerprint density at radius 2 is 2.20 bits per heavy atom. The second-order valence-corrected chi connectivity index (χ2v) is 5.96. The summed E-state index contributed by atoms with van der Waals surface area (Å²) in [6.07, 6.45) is 5.75. The lowest BCUT2D eigenvalue weighted by Crippen LogP contribution is -2.23. The van der Waals surface area contributed by atoms with E-state index >= 15 is 0 Å². The number of benzene rings is 1. The Hall–Kier alpha value is -2.89. The Labute approximate surface area is 146 Å². The standard InChI is InChI=1S/C19H21N3O3/c23-18(21-13-14-3-1-9-20-12-14)4-2-10-25-16-6-7-17-15(11-16)5-8-19(24)22-17/h1,3,6-7,9,11-12H,2,4-5,8,10,13H2,(H,21,23)(H,22,24). The molecule has 0 fully saturated rings. The molecule has 25 heavy (non-hydrogen) atoms. The van der Waals surface area contributed by atoms with Gasteiger partial charge in [0, 0.05) is 37.5 Å². The molecule has 0 bridgehead atoms. The molecule has 0 radical (unpaired) electrons. The quantitative estimate of drug-likeness (QED) is 0.759. The van der Waals surface area contributed by atoms with E-state index in [1.807, 2.05) is 30.3 Å². The molecule has 2 N–H and O–H groups in total. The lowest BCUT2D eigenvalue weighted by molar-refractivity contribution is -0.121. The monoisotopic (exact) mass is 339 g/mol. The predicted octanol–water partition coefficient (Wildman–Crippen LogP) is 2.44. The number of amides is 2. The first-order valence-electron chi connectivity index (χ1n) is 8.42. The molecule has 6 nitrogen and oxygen atoms in total. The van der Waals surface area contributed by atoms with E-state index in [0.717, 1.165) is 29.0 Å². The van der Waals surface area contributed by atoms with Crippen molar-refractivity contribution in [1.82, 2.24) is 10.3 Å². The maximum Gasteiger partial charge on any atom is 0.224 e. The molecular formula is C19H21N3O3. The van der Waals surface area contributed by atoms with E-state index < -0.39 is 0 Å². The van der Waals surface area contributed by atoms with E-state index in [0.29, 0.717) is 32.4 Å². The van der Waals surface area contributed by atoms with E-state index in [1.165, 1.54) is 0 Å². The zero-order valence-corrected chi connectivity index (χ0v) is 14.0. The Bertz CT molecular complexity index is 747. The Balaban J connectivity index is 1.37. The van der Waals surface area contributed by atoms with Gasteiger partial charge in [0.1, 0.15) is 5.75 Å². The third kappa shape index (κ3) is 5.04. The van der Waals surface area contributed by atoms with E-state index in [1.54, 1.807) is 12.4 Å². The van der Waals surface area contributed by atoms with Crippen LogP contribution >= 0.6 is 0 Å². The molecule has 3 rings (SSSR count). The van der Waals surface area contributed by atoms with Gasteiger partial charge >= 0.3 is 0 Å². The molecule has 6 heteroatoms. The molecule has 130 valence electrons. The summed E-state index contributed by atoms with van der Waals surface area (Å²) in [5.41, 5.74) is 2.93. The van der Waals surface area contributed by atoms with Gasteiger partial charge in [-0.05, 0) is 48.2 Å². The topological polar surface area (TPSA) is 80.3 Å². The van der Waals surface area contributed by atoms with Crippen LogP contribution in [0.25, 0.3) is 0 Å². The van der Waals surface area contributed by atoms with E-state index in [-0.39, 0.29) is 11.8 Å². The highest BCUT2D eigenvalue weighted by molar-refractivity contribution is 5.94. The van der Waals surface area contributed by atoms with Crippen molar-refractivity contribution in [2.24, 2.45) is 0 Å². The highest BCUT2D eigenvalue weighted by Gasteiger charge is 2.15. The number of hydrogen-bond acceptors (Lipinski definition) is 4. The molecule has 0 saturated carbocycles. The van der Waals surface area contributed by atoms with Gasteiger partial charge in [-0.2, -0.15) is 0 Å². The molecule has 0 atom stereocenters. The second kappa shape index (κ2) is 8.28. The number of rotatable bonds is 7. The lowest BCUT2D eigenvalue weighted by atomic mass is 10.0. The molecule has 1 aromatic carbocycles. The van der Waals surface area contributed by atoms with Crippen LogP contribution in [0.4, 0.5) is 5.69 Å². The second-order valence-electron chi connectivity index (χ2n) is 5.96. The van der Waals surface area contributed by atoms with Gasteiger partial charge in [0.15, 0.2) is 0 Å². The third-order valence-corrected chi connectivity index (χ3v) is 4.00. The lowest BCUT2D eigenvalue weighted by Gasteiger charge is -2.17. The minimum absolute atomic E-state index is 0.000561. The van der Waals surface area contributed by atoms with Crippen molar-refractivity contribution in [3.05, 3.63) is 53.9 Å². The minimum Gasteiger partial charge on any atom is -0.494 e. The molecule has 1 aliphatic heterocycles. The van der Waals surface area contributed by atoms with Crippen molar-refractivity contribution in [2.75, 3.05) is 11.9 Å². The first kappa shape index (κ1) is 17.0. The first-order chi connectivity index (χ1) is 12.2. The average molecular weight is 339 g/mol. The molecule has 2 amide bonds. The van der Waals surface area contributed by atoms with Crippen LogP contribution in [-0.4, -0.2) is 23.4 Å². The highest BCUT2D eigenvalue weighted by atomic mass is 16.5. The molecule has 2 aromatic rings. The minimum atomic E-state index is 0.000561. The SMILES string of the molecule is O=C(CCCOc1ccc2c(c1)CCC(=O)N2)NCc1cccnc1. The molecule has 0 saturated heterocycles. The van der Waals surface area contributed by atoms with Gasteiger partial charge in [-0.3, -0.25) is 14.6 Å². The number of carbonyl (C=O) groups excluding carboxylic acids is 2. The number of pyridine rings is 1. The largest absolute Gasteiger partial charge is 0.494 e. The summed E-state index contributed by atoms with van der Waals surface area (Å²) in [7, 11) is 0. The van der Waals surface area contributed by atoms with Crippen molar-refractivity contribution < 1.29 is 14.3 Å². The summed E-state index contributed by atoms with van der Waals surface area (Å²) in [5, 5.41) is 5.71. The van der Waals surface area contributed by atoms with Gasteiger partial charge in [-0.25, -0.2) is 0 Å². The van der Waals surface area contributed by atoms with Crippen molar-refractivity contribution in [1.29, 1.82) is 0 Å². The van der Waals surface area contributed by atoms with Crippen LogP contribution in [0.3, 0.4) is 0 Å². The number of aryl methyl sites for hydroxylation is 1. The molecule has 1 aromatic heterocycles. The number of nitrogens with zero attached hydrogens (tertiary/aromatic N) is 1. The van der Waals surface area contributed by atoms with Crippen LogP contribution in [0.15, 0.2) is 42.7 Å². The fraction of sp³-hybridized carbons (Fsp3) is 0.316. The van der Waals surface area contributed by atoms with E-state index in [4.69, 9.17) is 4.74 Å². The van der Waals surface area contributed by atoms with Crippen molar-refractivity contribution in [2.45, 2.75) is 32.2 Å². The van der Waals surface area contributed by atoms with Gasteiger partial charge in [-0.1, -0.05) is 6.07 Å². The zero-order chi connectivity index (χ0) is 17.5.